The third-order valence-electron chi connectivity index (χ3n) is 3.07. The van der Waals surface area contributed by atoms with Crippen LogP contribution in [0.4, 0.5) is 0 Å². The highest BCUT2D eigenvalue weighted by Crippen LogP contribution is 2.25. The molecule has 1 aromatic carbocycles. The quantitative estimate of drug-likeness (QED) is 0.711. The second-order valence-electron chi connectivity index (χ2n) is 4.48. The van der Waals surface area contributed by atoms with Crippen LogP contribution in [-0.4, -0.2) is 26.3 Å². The van der Waals surface area contributed by atoms with Crippen molar-refractivity contribution in [2.75, 3.05) is 0 Å². The predicted octanol–water partition coefficient (Wildman–Crippen LogP) is 2.57. The van der Waals surface area contributed by atoms with Gasteiger partial charge in [-0.25, -0.2) is 4.79 Å². The number of aromatic nitrogens is 3. The van der Waals surface area contributed by atoms with E-state index < -0.39 is 5.97 Å². The van der Waals surface area contributed by atoms with Crippen molar-refractivity contribution in [1.29, 1.82) is 0 Å². The Labute approximate surface area is 126 Å². The highest BCUT2D eigenvalue weighted by atomic mass is 16.4. The molecule has 0 saturated carbocycles. The standard InChI is InChI=1S/C17H11N3O2/c21-17(22)14-3-1-2-13(16(14)15-8-11-19-20-15)5-4-12-6-9-18-10-7-12/h1-3,6-11H,(H,19,20)(H,21,22). The van der Waals surface area contributed by atoms with Gasteiger partial charge >= 0.3 is 5.97 Å². The monoisotopic (exact) mass is 289 g/mol. The van der Waals surface area contributed by atoms with Crippen LogP contribution in [0.15, 0.2) is 55.0 Å². The van der Waals surface area contributed by atoms with Crippen LogP contribution in [0.25, 0.3) is 11.3 Å². The smallest absolute Gasteiger partial charge is 0.336 e. The fourth-order valence-corrected chi connectivity index (χ4v) is 2.08. The number of rotatable bonds is 2. The van der Waals surface area contributed by atoms with E-state index in [1.165, 1.54) is 0 Å². The van der Waals surface area contributed by atoms with E-state index in [1.807, 2.05) is 0 Å². The maximum Gasteiger partial charge on any atom is 0.336 e. The molecule has 0 aliphatic carbocycles. The Morgan fingerprint density at radius 1 is 1.09 bits per heavy atom. The van der Waals surface area contributed by atoms with Gasteiger partial charge in [-0.15, -0.1) is 0 Å². The van der Waals surface area contributed by atoms with E-state index in [1.54, 1.807) is 55.0 Å². The van der Waals surface area contributed by atoms with E-state index >= 15 is 0 Å². The summed E-state index contributed by atoms with van der Waals surface area (Å²) >= 11 is 0. The number of carboxylic acids is 1. The Bertz CT molecular complexity index is 860. The van der Waals surface area contributed by atoms with Crippen molar-refractivity contribution in [2.45, 2.75) is 0 Å². The SMILES string of the molecule is O=C(O)c1cccc(C#Cc2ccncc2)c1-c1cc[nH]n1. The summed E-state index contributed by atoms with van der Waals surface area (Å²) in [5, 5.41) is 16.2. The van der Waals surface area contributed by atoms with Gasteiger partial charge in [0.1, 0.15) is 0 Å². The molecule has 0 aliphatic rings. The molecule has 3 aromatic rings. The van der Waals surface area contributed by atoms with Gasteiger partial charge in [0.05, 0.1) is 11.3 Å². The average molecular weight is 289 g/mol. The van der Waals surface area contributed by atoms with Gasteiger partial charge in [0.15, 0.2) is 0 Å². The minimum atomic E-state index is -1.01. The third kappa shape index (κ3) is 2.72. The van der Waals surface area contributed by atoms with E-state index in [4.69, 9.17) is 0 Å². The van der Waals surface area contributed by atoms with Crippen molar-refractivity contribution in [2.24, 2.45) is 0 Å². The zero-order valence-corrected chi connectivity index (χ0v) is 11.4. The normalized spacial score (nSPS) is 9.82. The molecule has 3 rings (SSSR count). The molecule has 0 radical (unpaired) electrons. The zero-order chi connectivity index (χ0) is 15.4. The molecule has 0 fully saturated rings. The molecule has 5 heteroatoms. The number of aromatic carboxylic acids is 1. The molecule has 0 bridgehead atoms. The molecule has 0 saturated heterocycles. The average Bonchev–Trinajstić information content (AvgIpc) is 3.07. The summed E-state index contributed by atoms with van der Waals surface area (Å²) in [7, 11) is 0. The lowest BCUT2D eigenvalue weighted by atomic mass is 9.98. The lowest BCUT2D eigenvalue weighted by Gasteiger charge is -2.05. The van der Waals surface area contributed by atoms with Crippen LogP contribution < -0.4 is 0 Å². The van der Waals surface area contributed by atoms with E-state index in [-0.39, 0.29) is 5.56 Å². The van der Waals surface area contributed by atoms with E-state index in [0.717, 1.165) is 5.56 Å². The number of benzene rings is 1. The van der Waals surface area contributed by atoms with Crippen molar-refractivity contribution in [3.05, 3.63) is 71.7 Å². The maximum atomic E-state index is 11.4. The highest BCUT2D eigenvalue weighted by molar-refractivity contribution is 5.97. The molecule has 0 spiro atoms. The summed E-state index contributed by atoms with van der Waals surface area (Å²) in [6.45, 7) is 0. The maximum absolute atomic E-state index is 11.4. The molecule has 2 aromatic heterocycles. The number of pyridine rings is 1. The summed E-state index contributed by atoms with van der Waals surface area (Å²) < 4.78 is 0. The summed E-state index contributed by atoms with van der Waals surface area (Å²) in [6, 6.07) is 10.3. The van der Waals surface area contributed by atoms with Crippen LogP contribution in [-0.2, 0) is 0 Å². The molecule has 22 heavy (non-hydrogen) atoms. The number of carbonyl (C=O) groups is 1. The van der Waals surface area contributed by atoms with Gasteiger partial charge in [-0.3, -0.25) is 10.1 Å². The van der Waals surface area contributed by atoms with Crippen molar-refractivity contribution in [3.8, 4) is 23.1 Å². The fourth-order valence-electron chi connectivity index (χ4n) is 2.08. The van der Waals surface area contributed by atoms with Gasteiger partial charge in [0.25, 0.3) is 0 Å². The van der Waals surface area contributed by atoms with E-state index in [2.05, 4.69) is 27.0 Å². The molecule has 5 nitrogen and oxygen atoms in total. The number of nitrogens with one attached hydrogen (secondary N) is 1. The topological polar surface area (TPSA) is 78.9 Å². The van der Waals surface area contributed by atoms with Crippen molar-refractivity contribution < 1.29 is 9.90 Å². The predicted molar refractivity (Wildman–Crippen MR) is 81.2 cm³/mol. The van der Waals surface area contributed by atoms with Crippen molar-refractivity contribution in [1.82, 2.24) is 15.2 Å². The molecular formula is C17H11N3O2. The summed E-state index contributed by atoms with van der Waals surface area (Å²) in [5.74, 6) is 5.02. The van der Waals surface area contributed by atoms with Crippen LogP contribution in [0.3, 0.4) is 0 Å². The Balaban J connectivity index is 2.15. The Hall–Kier alpha value is -3.39. The second kappa shape index (κ2) is 5.94. The first-order valence-corrected chi connectivity index (χ1v) is 6.54. The Kier molecular flexibility index (Phi) is 3.67. The van der Waals surface area contributed by atoms with Crippen molar-refractivity contribution in [3.63, 3.8) is 0 Å². The molecule has 106 valence electrons. The molecular weight excluding hydrogens is 278 g/mol. The number of carboxylic acid groups (broad SMARTS) is 1. The largest absolute Gasteiger partial charge is 0.478 e. The number of aromatic amines is 1. The molecule has 2 N–H and O–H groups in total. The number of H-pyrrole nitrogens is 1. The van der Waals surface area contributed by atoms with Crippen LogP contribution in [0, 0.1) is 11.8 Å². The third-order valence-corrected chi connectivity index (χ3v) is 3.07. The molecule has 0 unspecified atom stereocenters. The Morgan fingerprint density at radius 3 is 2.59 bits per heavy atom. The van der Waals surface area contributed by atoms with Crippen LogP contribution in [0.1, 0.15) is 21.5 Å². The van der Waals surface area contributed by atoms with E-state index in [9.17, 15) is 9.90 Å². The lowest BCUT2D eigenvalue weighted by Crippen LogP contribution is -2.01. The molecule has 2 heterocycles. The molecule has 0 amide bonds. The molecule has 0 atom stereocenters. The van der Waals surface area contributed by atoms with Gasteiger partial charge in [-0.2, -0.15) is 5.10 Å². The first-order chi connectivity index (χ1) is 10.8. The minimum absolute atomic E-state index is 0.175. The van der Waals surface area contributed by atoms with Crippen LogP contribution in [0.5, 0.6) is 0 Å². The van der Waals surface area contributed by atoms with Gasteiger partial charge in [0.2, 0.25) is 0 Å². The summed E-state index contributed by atoms with van der Waals surface area (Å²) in [4.78, 5) is 15.4. The van der Waals surface area contributed by atoms with Crippen LogP contribution >= 0.6 is 0 Å². The second-order valence-corrected chi connectivity index (χ2v) is 4.48. The van der Waals surface area contributed by atoms with E-state index in [0.29, 0.717) is 16.8 Å². The highest BCUT2D eigenvalue weighted by Gasteiger charge is 2.16. The first kappa shape index (κ1) is 13.6. The molecule has 0 aliphatic heterocycles. The number of nitrogens with zero attached hydrogens (tertiary/aromatic N) is 2. The first-order valence-electron chi connectivity index (χ1n) is 6.54. The summed E-state index contributed by atoms with van der Waals surface area (Å²) in [5.41, 5.74) is 2.66. The van der Waals surface area contributed by atoms with Gasteiger partial charge in [0, 0.05) is 35.3 Å². The number of hydrogen-bond acceptors (Lipinski definition) is 3. The fraction of sp³-hybridized carbons (Fsp3) is 0. The minimum Gasteiger partial charge on any atom is -0.478 e. The van der Waals surface area contributed by atoms with Gasteiger partial charge < -0.3 is 5.11 Å². The van der Waals surface area contributed by atoms with Crippen molar-refractivity contribution >= 4 is 5.97 Å². The zero-order valence-electron chi connectivity index (χ0n) is 11.4. The lowest BCUT2D eigenvalue weighted by molar-refractivity contribution is 0.0697. The summed E-state index contributed by atoms with van der Waals surface area (Å²) in [6.07, 6.45) is 4.96. The van der Waals surface area contributed by atoms with Crippen LogP contribution in [0.2, 0.25) is 0 Å². The van der Waals surface area contributed by atoms with Gasteiger partial charge in [-0.05, 0) is 30.3 Å². The Morgan fingerprint density at radius 2 is 1.91 bits per heavy atom. The van der Waals surface area contributed by atoms with Gasteiger partial charge in [-0.1, -0.05) is 17.9 Å². The number of hydrogen-bond donors (Lipinski definition) is 2.